The lowest BCUT2D eigenvalue weighted by atomic mass is 9.79. The Kier molecular flexibility index (Phi) is 6.31. The van der Waals surface area contributed by atoms with Crippen LogP contribution in [0.3, 0.4) is 0 Å². The molecule has 0 radical (unpaired) electrons. The number of benzene rings is 1. The van der Waals surface area contributed by atoms with Gasteiger partial charge in [-0.05, 0) is 51.3 Å². The van der Waals surface area contributed by atoms with Crippen molar-refractivity contribution in [2.24, 2.45) is 0 Å². The zero-order valence-corrected chi connectivity index (χ0v) is 21.5. The maximum absolute atomic E-state index is 14.0. The van der Waals surface area contributed by atoms with Crippen LogP contribution in [0.15, 0.2) is 49.0 Å². The highest BCUT2D eigenvalue weighted by Crippen LogP contribution is 2.45. The van der Waals surface area contributed by atoms with Crippen molar-refractivity contribution in [1.82, 2.24) is 24.3 Å². The van der Waals surface area contributed by atoms with Crippen LogP contribution in [0, 0.1) is 24.4 Å². The smallest absolute Gasteiger partial charge is 0.196 e. The Morgan fingerprint density at radius 1 is 1.16 bits per heavy atom. The van der Waals surface area contributed by atoms with Crippen molar-refractivity contribution in [3.05, 3.63) is 83.8 Å². The molecule has 2 aliphatic rings. The largest absolute Gasteiger partial charge is 0.476 e. The summed E-state index contributed by atoms with van der Waals surface area (Å²) in [6, 6.07) is 1.50. The van der Waals surface area contributed by atoms with Gasteiger partial charge in [0.05, 0.1) is 17.7 Å². The molecule has 5 rings (SSSR count). The van der Waals surface area contributed by atoms with E-state index in [0.29, 0.717) is 29.9 Å². The highest BCUT2D eigenvalue weighted by molar-refractivity contribution is 5.85. The molecule has 11 heteroatoms. The summed E-state index contributed by atoms with van der Waals surface area (Å²) >= 11 is 0. The molecule has 0 saturated heterocycles. The van der Waals surface area contributed by atoms with Gasteiger partial charge in [-0.15, -0.1) is 10.2 Å². The maximum Gasteiger partial charge on any atom is 0.196 e. The molecule has 0 spiro atoms. The number of allylic oxidation sites excluding steroid dienone is 2. The fraction of sp³-hybridized carbons (Fsp3) is 0.370. The van der Waals surface area contributed by atoms with Crippen molar-refractivity contribution < 1.29 is 27.8 Å². The summed E-state index contributed by atoms with van der Waals surface area (Å²) < 4.78 is 57.1. The molecule has 1 N–H and O–H groups in total. The Bertz CT molecular complexity index is 1460. The Balaban J connectivity index is 1.60. The van der Waals surface area contributed by atoms with E-state index in [4.69, 9.17) is 9.47 Å². The van der Waals surface area contributed by atoms with Gasteiger partial charge in [0.25, 0.3) is 0 Å². The summed E-state index contributed by atoms with van der Waals surface area (Å²) in [5, 5.41) is 20.1. The van der Waals surface area contributed by atoms with Gasteiger partial charge in [-0.2, -0.15) is 0 Å². The third-order valence-electron chi connectivity index (χ3n) is 7.10. The third-order valence-corrected chi connectivity index (χ3v) is 7.10. The SMILES string of the molecule is C=C1C(c2nnc3n2CCCC3(Oc2cc(F)c(F)c(F)c2)C(C)(C)O)=CC=C(n2cnc(C)c2)C1OC. The average Bonchev–Trinajstić information content (AvgIpc) is 3.48. The number of aromatic nitrogens is 5. The number of hydrogen-bond acceptors (Lipinski definition) is 6. The number of imidazole rings is 1. The molecule has 0 saturated carbocycles. The molecule has 1 aliphatic heterocycles. The molecule has 2 unspecified atom stereocenters. The number of halogens is 3. The van der Waals surface area contributed by atoms with E-state index in [9.17, 15) is 18.3 Å². The van der Waals surface area contributed by atoms with Crippen LogP contribution in [0.2, 0.25) is 0 Å². The Labute approximate surface area is 217 Å². The van der Waals surface area contributed by atoms with Crippen molar-refractivity contribution in [2.75, 3.05) is 7.11 Å². The molecule has 0 amide bonds. The first kappa shape index (κ1) is 25.9. The van der Waals surface area contributed by atoms with Gasteiger partial charge in [0.1, 0.15) is 17.5 Å². The van der Waals surface area contributed by atoms with Gasteiger partial charge in [0.2, 0.25) is 0 Å². The topological polar surface area (TPSA) is 87.2 Å². The van der Waals surface area contributed by atoms with Crippen molar-refractivity contribution in [2.45, 2.75) is 57.5 Å². The molecular weight excluding hydrogens is 499 g/mol. The van der Waals surface area contributed by atoms with Crippen LogP contribution >= 0.6 is 0 Å². The van der Waals surface area contributed by atoms with Crippen LogP contribution in [0.1, 0.15) is 44.0 Å². The monoisotopic (exact) mass is 527 g/mol. The minimum atomic E-state index is -1.60. The first-order chi connectivity index (χ1) is 18.0. The minimum absolute atomic E-state index is 0.273. The van der Waals surface area contributed by atoms with Crippen molar-refractivity contribution in [1.29, 1.82) is 0 Å². The van der Waals surface area contributed by atoms with E-state index in [2.05, 4.69) is 21.8 Å². The lowest BCUT2D eigenvalue weighted by molar-refractivity contribution is -0.138. The van der Waals surface area contributed by atoms with Crippen molar-refractivity contribution in [3.63, 3.8) is 0 Å². The van der Waals surface area contributed by atoms with Crippen molar-refractivity contribution in [3.8, 4) is 5.75 Å². The van der Waals surface area contributed by atoms with Gasteiger partial charge < -0.3 is 23.7 Å². The lowest BCUT2D eigenvalue weighted by Gasteiger charge is -2.44. The first-order valence-corrected chi connectivity index (χ1v) is 12.1. The maximum atomic E-state index is 14.0. The fourth-order valence-corrected chi connectivity index (χ4v) is 5.15. The molecule has 3 heterocycles. The minimum Gasteiger partial charge on any atom is -0.476 e. The van der Waals surface area contributed by atoms with Gasteiger partial charge in [-0.3, -0.25) is 0 Å². The second-order valence-electron chi connectivity index (χ2n) is 10.0. The van der Waals surface area contributed by atoms with Crippen LogP contribution in [-0.2, 0) is 16.9 Å². The molecule has 0 fully saturated rings. The van der Waals surface area contributed by atoms with Crippen molar-refractivity contribution >= 4 is 11.3 Å². The average molecular weight is 528 g/mol. The molecule has 38 heavy (non-hydrogen) atoms. The molecular formula is C27H28F3N5O3. The summed E-state index contributed by atoms with van der Waals surface area (Å²) in [4.78, 5) is 4.29. The quantitative estimate of drug-likeness (QED) is 0.474. The Morgan fingerprint density at radius 3 is 2.47 bits per heavy atom. The van der Waals surface area contributed by atoms with Crippen LogP contribution in [0.25, 0.3) is 11.3 Å². The first-order valence-electron chi connectivity index (χ1n) is 12.1. The summed E-state index contributed by atoms with van der Waals surface area (Å²) in [6.07, 6.45) is 7.68. The van der Waals surface area contributed by atoms with E-state index < -0.39 is 34.8 Å². The summed E-state index contributed by atoms with van der Waals surface area (Å²) in [5.41, 5.74) is -0.0712. The summed E-state index contributed by atoms with van der Waals surface area (Å²) in [5.74, 6) is -3.90. The van der Waals surface area contributed by atoms with Gasteiger partial charge in [-0.25, -0.2) is 18.2 Å². The highest BCUT2D eigenvalue weighted by Gasteiger charge is 2.54. The fourth-order valence-electron chi connectivity index (χ4n) is 5.15. The van der Waals surface area contributed by atoms with Crippen LogP contribution < -0.4 is 4.74 Å². The number of methoxy groups -OCH3 is 1. The molecule has 200 valence electrons. The second-order valence-corrected chi connectivity index (χ2v) is 10.0. The predicted molar refractivity (Wildman–Crippen MR) is 133 cm³/mol. The van der Waals surface area contributed by atoms with Crippen LogP contribution in [0.5, 0.6) is 5.75 Å². The molecule has 0 bridgehead atoms. The predicted octanol–water partition coefficient (Wildman–Crippen LogP) is 4.55. The van der Waals surface area contributed by atoms with Crippen LogP contribution in [-0.4, -0.2) is 48.2 Å². The number of fused-ring (bicyclic) bond motifs is 1. The van der Waals surface area contributed by atoms with E-state index in [1.165, 1.54) is 13.8 Å². The van der Waals surface area contributed by atoms with Gasteiger partial charge in [0.15, 0.2) is 34.7 Å². The summed E-state index contributed by atoms with van der Waals surface area (Å²) in [7, 11) is 1.59. The van der Waals surface area contributed by atoms with E-state index in [1.807, 2.05) is 34.4 Å². The molecule has 8 nitrogen and oxygen atoms in total. The molecule has 1 aliphatic carbocycles. The number of rotatable bonds is 6. The molecule has 3 aromatic rings. The van der Waals surface area contributed by atoms with E-state index in [0.717, 1.165) is 23.5 Å². The standard InChI is InChI=1S/C27H28F3N5O3/c1-15-13-34(14-31-15)21-8-7-18(16(2)23(21)37-5)24-32-33-25-27(26(3,4)36,9-6-10-35(24)25)38-17-11-19(28)22(30)20(29)12-17/h7-8,11-14,23,36H,2,6,9-10H2,1,3-5H3. The van der Waals surface area contributed by atoms with Crippen LogP contribution in [0.4, 0.5) is 13.2 Å². The van der Waals surface area contributed by atoms with Gasteiger partial charge in [0, 0.05) is 37.6 Å². The normalized spacial score (nSPS) is 21.7. The zero-order chi connectivity index (χ0) is 27.4. The van der Waals surface area contributed by atoms with E-state index in [1.54, 1.807) is 13.4 Å². The number of aliphatic hydroxyl groups is 1. The molecule has 2 atom stereocenters. The Hall–Kier alpha value is -3.70. The molecule has 2 aromatic heterocycles. The lowest BCUT2D eigenvalue weighted by Crippen LogP contribution is -2.55. The Morgan fingerprint density at radius 2 is 1.87 bits per heavy atom. The summed E-state index contributed by atoms with van der Waals surface area (Å²) in [6.45, 7) is 9.71. The highest BCUT2D eigenvalue weighted by atomic mass is 19.2. The number of ether oxygens (including phenoxy) is 2. The van der Waals surface area contributed by atoms with E-state index >= 15 is 0 Å². The van der Waals surface area contributed by atoms with E-state index in [-0.39, 0.29) is 18.0 Å². The van der Waals surface area contributed by atoms with Gasteiger partial charge >= 0.3 is 0 Å². The third kappa shape index (κ3) is 4.06. The number of hydrogen-bond donors (Lipinski definition) is 1. The number of aryl methyl sites for hydroxylation is 1. The zero-order valence-electron chi connectivity index (χ0n) is 21.5. The second kappa shape index (κ2) is 9.25. The molecule has 1 aromatic carbocycles. The van der Waals surface area contributed by atoms with Gasteiger partial charge in [-0.1, -0.05) is 6.58 Å². The number of nitrogens with zero attached hydrogens (tertiary/aromatic N) is 5.